The number of rotatable bonds is 5. The van der Waals surface area contributed by atoms with E-state index in [4.69, 9.17) is 5.11 Å². The van der Waals surface area contributed by atoms with Gasteiger partial charge in [0, 0.05) is 24.4 Å². The second kappa shape index (κ2) is 6.15. The topological polar surface area (TPSA) is 74.7 Å². The zero-order chi connectivity index (χ0) is 15.6. The summed E-state index contributed by atoms with van der Waals surface area (Å²) in [5, 5.41) is 9.16. The minimum absolute atomic E-state index is 0.0902. The number of aliphatic hydroxyl groups excluding tert-OH is 1. The van der Waals surface area contributed by atoms with E-state index in [0.29, 0.717) is 5.56 Å². The van der Waals surface area contributed by atoms with Gasteiger partial charge in [0.1, 0.15) is 0 Å². The SMILES string of the molecule is Cc1ccc(S(C)(=O)=O)cc1C(=O)N(CCO)C1CCC1. The van der Waals surface area contributed by atoms with Gasteiger partial charge in [0.05, 0.1) is 11.5 Å². The highest BCUT2D eigenvalue weighted by molar-refractivity contribution is 7.90. The van der Waals surface area contributed by atoms with E-state index in [1.54, 1.807) is 17.9 Å². The number of hydrogen-bond acceptors (Lipinski definition) is 4. The highest BCUT2D eigenvalue weighted by Crippen LogP contribution is 2.27. The van der Waals surface area contributed by atoms with Gasteiger partial charge in [-0.3, -0.25) is 4.79 Å². The molecule has 1 fully saturated rings. The molecular weight excluding hydrogens is 290 g/mol. The van der Waals surface area contributed by atoms with Gasteiger partial charge in [-0.1, -0.05) is 6.07 Å². The monoisotopic (exact) mass is 311 g/mol. The van der Waals surface area contributed by atoms with Crippen molar-refractivity contribution >= 4 is 15.7 Å². The van der Waals surface area contributed by atoms with Gasteiger partial charge in [-0.05, 0) is 43.9 Å². The lowest BCUT2D eigenvalue weighted by Gasteiger charge is -2.37. The maximum Gasteiger partial charge on any atom is 0.254 e. The number of aliphatic hydroxyl groups is 1. The van der Waals surface area contributed by atoms with Crippen molar-refractivity contribution < 1.29 is 18.3 Å². The predicted octanol–water partition coefficient (Wildman–Crippen LogP) is 1.39. The molecule has 1 aliphatic carbocycles. The van der Waals surface area contributed by atoms with Crippen molar-refractivity contribution in [2.45, 2.75) is 37.1 Å². The summed E-state index contributed by atoms with van der Waals surface area (Å²) in [7, 11) is -3.35. The van der Waals surface area contributed by atoms with Crippen LogP contribution < -0.4 is 0 Å². The lowest BCUT2D eigenvalue weighted by molar-refractivity contribution is 0.0525. The third kappa shape index (κ3) is 3.44. The molecule has 6 heteroatoms. The lowest BCUT2D eigenvalue weighted by Crippen LogP contribution is -2.45. The van der Waals surface area contributed by atoms with Crippen molar-refractivity contribution in [1.29, 1.82) is 0 Å². The second-order valence-electron chi connectivity index (χ2n) is 5.56. The fraction of sp³-hybridized carbons (Fsp3) is 0.533. The Hall–Kier alpha value is -1.40. The molecule has 21 heavy (non-hydrogen) atoms. The van der Waals surface area contributed by atoms with Gasteiger partial charge in [0.15, 0.2) is 9.84 Å². The summed E-state index contributed by atoms with van der Waals surface area (Å²) in [6.07, 6.45) is 4.10. The van der Waals surface area contributed by atoms with E-state index < -0.39 is 9.84 Å². The summed E-state index contributed by atoms with van der Waals surface area (Å²) in [5.41, 5.74) is 1.15. The Morgan fingerprint density at radius 3 is 2.52 bits per heavy atom. The third-order valence-corrected chi connectivity index (χ3v) is 5.10. The summed E-state index contributed by atoms with van der Waals surface area (Å²) in [5.74, 6) is -0.197. The van der Waals surface area contributed by atoms with Crippen molar-refractivity contribution in [2.24, 2.45) is 0 Å². The van der Waals surface area contributed by atoms with E-state index in [-0.39, 0.29) is 30.0 Å². The number of hydrogen-bond donors (Lipinski definition) is 1. The van der Waals surface area contributed by atoms with Gasteiger partial charge >= 0.3 is 0 Å². The maximum absolute atomic E-state index is 12.7. The molecule has 2 rings (SSSR count). The van der Waals surface area contributed by atoms with Gasteiger partial charge < -0.3 is 10.0 Å². The molecule has 0 bridgehead atoms. The largest absolute Gasteiger partial charge is 0.395 e. The molecule has 0 spiro atoms. The molecule has 0 atom stereocenters. The first-order chi connectivity index (χ1) is 9.84. The van der Waals surface area contributed by atoms with Crippen molar-refractivity contribution in [2.75, 3.05) is 19.4 Å². The molecule has 0 aliphatic heterocycles. The number of nitrogens with zero attached hydrogens (tertiary/aromatic N) is 1. The first-order valence-corrected chi connectivity index (χ1v) is 8.96. The Bertz CT molecular complexity index is 635. The Morgan fingerprint density at radius 1 is 1.38 bits per heavy atom. The van der Waals surface area contributed by atoms with E-state index in [1.165, 1.54) is 12.1 Å². The Morgan fingerprint density at radius 2 is 2.05 bits per heavy atom. The van der Waals surface area contributed by atoms with Gasteiger partial charge in [-0.15, -0.1) is 0 Å². The zero-order valence-electron chi connectivity index (χ0n) is 12.4. The van der Waals surface area contributed by atoms with Crippen molar-refractivity contribution in [3.8, 4) is 0 Å². The summed E-state index contributed by atoms with van der Waals surface area (Å²) >= 11 is 0. The van der Waals surface area contributed by atoms with Crippen molar-refractivity contribution in [3.63, 3.8) is 0 Å². The molecule has 1 aliphatic rings. The summed E-state index contributed by atoms with van der Waals surface area (Å²) < 4.78 is 23.3. The number of carbonyl (C=O) groups excluding carboxylic acids is 1. The molecule has 0 heterocycles. The molecule has 1 aromatic carbocycles. The number of benzene rings is 1. The lowest BCUT2D eigenvalue weighted by atomic mass is 9.90. The Kier molecular flexibility index (Phi) is 4.68. The Labute approximate surface area is 125 Å². The molecule has 1 aromatic rings. The normalized spacial score (nSPS) is 15.6. The number of amides is 1. The Balaban J connectivity index is 2.36. The fourth-order valence-electron chi connectivity index (χ4n) is 2.47. The van der Waals surface area contributed by atoms with E-state index in [1.807, 2.05) is 0 Å². The van der Waals surface area contributed by atoms with Crippen LogP contribution in [0.3, 0.4) is 0 Å². The third-order valence-electron chi connectivity index (χ3n) is 3.98. The van der Waals surface area contributed by atoms with Crippen LogP contribution in [0.4, 0.5) is 0 Å². The highest BCUT2D eigenvalue weighted by Gasteiger charge is 2.30. The first kappa shape index (κ1) is 16.0. The molecule has 1 N–H and O–H groups in total. The van der Waals surface area contributed by atoms with Gasteiger partial charge in [-0.25, -0.2) is 8.42 Å². The smallest absolute Gasteiger partial charge is 0.254 e. The maximum atomic E-state index is 12.7. The quantitative estimate of drug-likeness (QED) is 0.891. The average molecular weight is 311 g/mol. The van der Waals surface area contributed by atoms with Crippen LogP contribution in [-0.4, -0.2) is 49.8 Å². The van der Waals surface area contributed by atoms with Crippen molar-refractivity contribution in [1.82, 2.24) is 4.90 Å². The summed E-state index contributed by atoms with van der Waals surface area (Å²) in [6.45, 7) is 1.98. The van der Waals surface area contributed by atoms with Crippen LogP contribution >= 0.6 is 0 Å². The van der Waals surface area contributed by atoms with E-state index >= 15 is 0 Å². The molecule has 0 radical (unpaired) electrons. The highest BCUT2D eigenvalue weighted by atomic mass is 32.2. The molecule has 1 saturated carbocycles. The van der Waals surface area contributed by atoms with Crippen LogP contribution in [0, 0.1) is 6.92 Å². The van der Waals surface area contributed by atoms with E-state index in [0.717, 1.165) is 31.1 Å². The molecule has 116 valence electrons. The number of carbonyl (C=O) groups is 1. The molecule has 1 amide bonds. The van der Waals surface area contributed by atoms with Gasteiger partial charge in [0.25, 0.3) is 5.91 Å². The van der Waals surface area contributed by atoms with Crippen LogP contribution in [0.2, 0.25) is 0 Å². The first-order valence-electron chi connectivity index (χ1n) is 7.07. The second-order valence-corrected chi connectivity index (χ2v) is 7.57. The van der Waals surface area contributed by atoms with Crippen LogP contribution in [-0.2, 0) is 9.84 Å². The van der Waals surface area contributed by atoms with E-state index in [9.17, 15) is 13.2 Å². The standard InChI is InChI=1S/C15H21NO4S/c1-11-6-7-13(21(2,19)20)10-14(11)15(18)16(8-9-17)12-4-3-5-12/h6-7,10,12,17H,3-5,8-9H2,1-2H3. The molecule has 0 unspecified atom stereocenters. The van der Waals surface area contributed by atoms with Crippen LogP contribution in [0.1, 0.15) is 35.2 Å². The van der Waals surface area contributed by atoms with Crippen LogP contribution in [0.15, 0.2) is 23.1 Å². The fourth-order valence-corrected chi connectivity index (χ4v) is 3.12. The molecular formula is C15H21NO4S. The molecule has 0 saturated heterocycles. The summed E-state index contributed by atoms with van der Waals surface area (Å²) in [4.78, 5) is 14.5. The van der Waals surface area contributed by atoms with Crippen molar-refractivity contribution in [3.05, 3.63) is 29.3 Å². The van der Waals surface area contributed by atoms with Crippen LogP contribution in [0.25, 0.3) is 0 Å². The minimum atomic E-state index is -3.35. The van der Waals surface area contributed by atoms with Gasteiger partial charge in [0.2, 0.25) is 0 Å². The number of sulfone groups is 1. The van der Waals surface area contributed by atoms with Crippen LogP contribution in [0.5, 0.6) is 0 Å². The number of aryl methyl sites for hydroxylation is 1. The summed E-state index contributed by atoms with van der Waals surface area (Å²) in [6, 6.07) is 4.77. The predicted molar refractivity (Wildman–Crippen MR) is 80.1 cm³/mol. The van der Waals surface area contributed by atoms with E-state index in [2.05, 4.69) is 0 Å². The molecule has 5 nitrogen and oxygen atoms in total. The van der Waals surface area contributed by atoms with Gasteiger partial charge in [-0.2, -0.15) is 0 Å². The minimum Gasteiger partial charge on any atom is -0.395 e. The molecule has 0 aromatic heterocycles. The zero-order valence-corrected chi connectivity index (χ0v) is 13.2. The average Bonchev–Trinajstić information content (AvgIpc) is 2.34.